The molecule has 2 N–H and O–H groups in total. The lowest BCUT2D eigenvalue weighted by atomic mass is 10.5. The minimum Gasteiger partial charge on any atom is -0.374 e. The molecule has 0 aliphatic carbocycles. The fraction of sp³-hybridized carbons (Fsp3) is 0.200. The molecule has 0 amide bonds. The van der Waals surface area contributed by atoms with Gasteiger partial charge in [0.15, 0.2) is 5.00 Å². The van der Waals surface area contributed by atoms with E-state index in [-0.39, 0.29) is 21.4 Å². The van der Waals surface area contributed by atoms with Crippen molar-refractivity contribution < 1.29 is 13.3 Å². The van der Waals surface area contributed by atoms with Crippen LogP contribution in [0.5, 0.6) is 0 Å². The monoisotopic (exact) mass is 411 g/mol. The van der Waals surface area contributed by atoms with Crippen LogP contribution in [0.25, 0.3) is 0 Å². The highest BCUT2D eigenvalue weighted by molar-refractivity contribution is 9.10. The Morgan fingerprint density at radius 1 is 1.48 bits per heavy atom. The maximum atomic E-state index is 12.2. The second kappa shape index (κ2) is 6.40. The normalized spacial score (nSPS) is 11.5. The quantitative estimate of drug-likeness (QED) is 0.561. The number of halogens is 1. The van der Waals surface area contributed by atoms with Crippen LogP contribution in [0.4, 0.5) is 10.7 Å². The van der Waals surface area contributed by atoms with Crippen LogP contribution < -0.4 is 10.0 Å². The maximum absolute atomic E-state index is 12.2. The average molecular weight is 412 g/mol. The molecule has 0 saturated heterocycles. The summed E-state index contributed by atoms with van der Waals surface area (Å²) in [4.78, 5) is 11.1. The van der Waals surface area contributed by atoms with Gasteiger partial charge in [0, 0.05) is 29.0 Å². The van der Waals surface area contributed by atoms with E-state index in [1.54, 1.807) is 0 Å². The zero-order valence-electron chi connectivity index (χ0n) is 10.6. The van der Waals surface area contributed by atoms with Gasteiger partial charge in [0.1, 0.15) is 4.21 Å². The van der Waals surface area contributed by atoms with Gasteiger partial charge in [0.2, 0.25) is 0 Å². The summed E-state index contributed by atoms with van der Waals surface area (Å²) in [6.45, 7) is 0.126. The Labute approximate surface area is 137 Å². The first kappa shape index (κ1) is 16.4. The van der Waals surface area contributed by atoms with Crippen LogP contribution in [0, 0.1) is 10.1 Å². The molecule has 0 aromatic carbocycles. The number of nitrogens with zero attached hydrogens (tertiary/aromatic N) is 1. The van der Waals surface area contributed by atoms with E-state index in [1.165, 1.54) is 18.4 Å². The number of nitrogens with one attached hydrogen (secondary N) is 2. The fourth-order valence-corrected chi connectivity index (χ4v) is 5.33. The predicted octanol–water partition coefficient (Wildman–Crippen LogP) is 3.00. The summed E-state index contributed by atoms with van der Waals surface area (Å²) in [5.74, 6) is 0. The van der Waals surface area contributed by atoms with Gasteiger partial charge in [-0.05, 0) is 27.4 Å². The molecule has 0 spiro atoms. The van der Waals surface area contributed by atoms with Crippen molar-refractivity contribution in [1.29, 1.82) is 0 Å². The highest BCUT2D eigenvalue weighted by Gasteiger charge is 2.25. The molecule has 0 bridgehead atoms. The molecular weight excluding hydrogens is 402 g/mol. The van der Waals surface area contributed by atoms with Crippen LogP contribution in [0.3, 0.4) is 0 Å². The van der Waals surface area contributed by atoms with Crippen molar-refractivity contribution in [1.82, 2.24) is 4.72 Å². The van der Waals surface area contributed by atoms with Crippen molar-refractivity contribution in [2.75, 3.05) is 12.4 Å². The minimum atomic E-state index is -3.79. The van der Waals surface area contributed by atoms with Crippen molar-refractivity contribution in [2.24, 2.45) is 0 Å². The standard InChI is InChI=1S/C10H10BrN3O4S3/c1-12-10-7(14(15)16)4-9(20-10)21(17,18)13-5-8-6(11)2-3-19-8/h2-4,12-13H,5H2,1H3. The Bertz CT molecular complexity index is 768. The molecule has 2 aromatic rings. The van der Waals surface area contributed by atoms with Gasteiger partial charge in [-0.1, -0.05) is 11.3 Å². The van der Waals surface area contributed by atoms with E-state index < -0.39 is 14.9 Å². The summed E-state index contributed by atoms with van der Waals surface area (Å²) in [5, 5.41) is 15.5. The highest BCUT2D eigenvalue weighted by Crippen LogP contribution is 2.36. The van der Waals surface area contributed by atoms with E-state index in [0.717, 1.165) is 26.8 Å². The number of anilines is 1. The number of rotatable bonds is 6. The van der Waals surface area contributed by atoms with E-state index >= 15 is 0 Å². The molecule has 0 atom stereocenters. The van der Waals surface area contributed by atoms with Crippen LogP contribution >= 0.6 is 38.6 Å². The third-order valence-electron chi connectivity index (χ3n) is 2.49. The van der Waals surface area contributed by atoms with Gasteiger partial charge in [-0.15, -0.1) is 11.3 Å². The van der Waals surface area contributed by atoms with Crippen molar-refractivity contribution in [3.8, 4) is 0 Å². The van der Waals surface area contributed by atoms with Gasteiger partial charge in [-0.2, -0.15) is 0 Å². The minimum absolute atomic E-state index is 0.0915. The first-order valence-corrected chi connectivity index (χ1v) is 9.50. The summed E-state index contributed by atoms with van der Waals surface area (Å²) < 4.78 is 27.5. The van der Waals surface area contributed by atoms with Crippen LogP contribution in [0.2, 0.25) is 0 Å². The van der Waals surface area contributed by atoms with Crippen LogP contribution in [0.15, 0.2) is 26.2 Å². The lowest BCUT2D eigenvalue weighted by molar-refractivity contribution is -0.383. The largest absolute Gasteiger partial charge is 0.374 e. The molecule has 0 fully saturated rings. The average Bonchev–Trinajstić information content (AvgIpc) is 3.02. The zero-order chi connectivity index (χ0) is 15.6. The van der Waals surface area contributed by atoms with Crippen molar-refractivity contribution >= 4 is 59.3 Å². The lowest BCUT2D eigenvalue weighted by Crippen LogP contribution is -2.22. The first-order chi connectivity index (χ1) is 9.85. The molecular formula is C10H10BrN3O4S3. The second-order valence-electron chi connectivity index (χ2n) is 3.80. The number of thiophene rings is 2. The Morgan fingerprint density at radius 2 is 2.19 bits per heavy atom. The van der Waals surface area contributed by atoms with E-state index in [0.29, 0.717) is 0 Å². The van der Waals surface area contributed by atoms with Crippen molar-refractivity contribution in [3.63, 3.8) is 0 Å². The smallest absolute Gasteiger partial charge is 0.304 e. The molecule has 114 valence electrons. The first-order valence-electron chi connectivity index (χ1n) is 5.52. The van der Waals surface area contributed by atoms with E-state index in [4.69, 9.17) is 0 Å². The third-order valence-corrected chi connectivity index (χ3v) is 7.44. The molecule has 0 aliphatic heterocycles. The molecule has 2 heterocycles. The summed E-state index contributed by atoms with van der Waals surface area (Å²) in [7, 11) is -2.28. The van der Waals surface area contributed by atoms with Gasteiger partial charge in [0.05, 0.1) is 4.92 Å². The highest BCUT2D eigenvalue weighted by atomic mass is 79.9. The maximum Gasteiger partial charge on any atom is 0.304 e. The summed E-state index contributed by atoms with van der Waals surface area (Å²) in [6.07, 6.45) is 0. The van der Waals surface area contributed by atoms with Crippen LogP contribution in [0.1, 0.15) is 4.88 Å². The molecule has 21 heavy (non-hydrogen) atoms. The number of nitro groups is 1. The second-order valence-corrected chi connectivity index (χ2v) is 8.70. The van der Waals surface area contributed by atoms with Gasteiger partial charge in [-0.3, -0.25) is 10.1 Å². The zero-order valence-corrected chi connectivity index (χ0v) is 14.7. The Kier molecular flexibility index (Phi) is 4.99. The van der Waals surface area contributed by atoms with E-state index in [1.807, 2.05) is 11.4 Å². The van der Waals surface area contributed by atoms with Crippen molar-refractivity contribution in [2.45, 2.75) is 10.8 Å². The molecule has 11 heteroatoms. The SMILES string of the molecule is CNc1sc(S(=O)(=O)NCc2sccc2Br)cc1[N+](=O)[O-]. The predicted molar refractivity (Wildman–Crippen MR) is 86.6 cm³/mol. The van der Waals surface area contributed by atoms with Crippen LogP contribution in [-0.2, 0) is 16.6 Å². The number of sulfonamides is 1. The van der Waals surface area contributed by atoms with Gasteiger partial charge in [0.25, 0.3) is 10.0 Å². The van der Waals surface area contributed by atoms with Crippen molar-refractivity contribution in [3.05, 3.63) is 37.0 Å². The Balaban J connectivity index is 2.23. The van der Waals surface area contributed by atoms with Crippen LogP contribution in [-0.4, -0.2) is 20.4 Å². The summed E-state index contributed by atoms with van der Waals surface area (Å²) >= 11 is 5.55. The van der Waals surface area contributed by atoms with E-state index in [9.17, 15) is 18.5 Å². The topological polar surface area (TPSA) is 101 Å². The van der Waals surface area contributed by atoms with Gasteiger partial charge >= 0.3 is 5.69 Å². The molecule has 0 unspecified atom stereocenters. The fourth-order valence-electron chi connectivity index (χ4n) is 1.49. The summed E-state index contributed by atoms with van der Waals surface area (Å²) in [5.41, 5.74) is -0.250. The summed E-state index contributed by atoms with van der Waals surface area (Å²) in [6, 6.07) is 2.88. The van der Waals surface area contributed by atoms with Gasteiger partial charge < -0.3 is 5.32 Å². The lowest BCUT2D eigenvalue weighted by Gasteiger charge is -2.03. The molecule has 2 aromatic heterocycles. The van der Waals surface area contributed by atoms with Gasteiger partial charge in [-0.25, -0.2) is 13.1 Å². The van der Waals surface area contributed by atoms with E-state index in [2.05, 4.69) is 26.0 Å². The Hall–Kier alpha value is -1.01. The number of hydrogen-bond acceptors (Lipinski definition) is 7. The molecule has 7 nitrogen and oxygen atoms in total. The molecule has 0 saturated carbocycles. The third kappa shape index (κ3) is 3.61. The molecule has 0 radical (unpaired) electrons. The number of hydrogen-bond donors (Lipinski definition) is 2. The molecule has 2 rings (SSSR count). The molecule has 0 aliphatic rings. The Morgan fingerprint density at radius 3 is 2.67 bits per heavy atom.